The average Bonchev–Trinajstić information content (AvgIpc) is 2.93. The Hall–Kier alpha value is -3.43. The molecule has 1 aromatic heterocycles. The smallest absolute Gasteiger partial charge is 0.271 e. The van der Waals surface area contributed by atoms with Crippen molar-refractivity contribution in [1.82, 2.24) is 15.0 Å². The Morgan fingerprint density at radius 1 is 0.946 bits per heavy atom. The van der Waals surface area contributed by atoms with E-state index in [-0.39, 0.29) is 10.6 Å². The summed E-state index contributed by atoms with van der Waals surface area (Å²) in [6.07, 6.45) is 6.59. The first-order valence-electron chi connectivity index (χ1n) is 12.6. The van der Waals surface area contributed by atoms with Crippen LogP contribution in [0.5, 0.6) is 0 Å². The number of anilines is 4. The number of hydrogen-bond donors (Lipinski definition) is 3. The molecular formula is C28H35N5O3S. The maximum atomic E-state index is 12.3. The lowest BCUT2D eigenvalue weighted by Crippen LogP contribution is -2.27. The number of aryl methyl sites for hydroxylation is 1. The van der Waals surface area contributed by atoms with Crippen molar-refractivity contribution >= 4 is 38.8 Å². The number of carbonyl (C=O) groups excluding carboxylic acids is 1. The third kappa shape index (κ3) is 5.94. The molecule has 0 saturated heterocycles. The third-order valence-electron chi connectivity index (χ3n) is 7.08. The molecule has 4 rings (SSSR count). The molecule has 1 aliphatic rings. The zero-order valence-electron chi connectivity index (χ0n) is 21.8. The van der Waals surface area contributed by atoms with Crippen molar-refractivity contribution in [1.29, 1.82) is 0 Å². The molecule has 196 valence electrons. The fraction of sp³-hybridized carbons (Fsp3) is 0.357. The predicted molar refractivity (Wildman–Crippen MR) is 149 cm³/mol. The minimum absolute atomic E-state index is 0.174. The van der Waals surface area contributed by atoms with E-state index in [1.54, 1.807) is 6.07 Å². The fourth-order valence-corrected chi connectivity index (χ4v) is 5.67. The van der Waals surface area contributed by atoms with Gasteiger partial charge in [0.05, 0.1) is 0 Å². The molecule has 0 radical (unpaired) electrons. The summed E-state index contributed by atoms with van der Waals surface area (Å²) >= 11 is 0. The van der Waals surface area contributed by atoms with Crippen LogP contribution in [0.2, 0.25) is 0 Å². The molecule has 0 atom stereocenters. The van der Waals surface area contributed by atoms with Gasteiger partial charge < -0.3 is 15.5 Å². The Kier molecular flexibility index (Phi) is 8.14. The Labute approximate surface area is 219 Å². The lowest BCUT2D eigenvalue weighted by atomic mass is 9.84. The summed E-state index contributed by atoms with van der Waals surface area (Å²) < 4.78 is 26.9. The Morgan fingerprint density at radius 3 is 2.24 bits per heavy atom. The quantitative estimate of drug-likeness (QED) is 0.376. The van der Waals surface area contributed by atoms with Crippen LogP contribution in [0.15, 0.2) is 59.5 Å². The zero-order valence-corrected chi connectivity index (χ0v) is 22.7. The number of sulfonamides is 1. The maximum absolute atomic E-state index is 12.3. The van der Waals surface area contributed by atoms with Gasteiger partial charge in [0.25, 0.3) is 5.91 Å². The normalized spacial score (nSPS) is 14.3. The monoisotopic (exact) mass is 521 g/mol. The van der Waals surface area contributed by atoms with E-state index in [1.165, 1.54) is 57.8 Å². The summed E-state index contributed by atoms with van der Waals surface area (Å²) in [4.78, 5) is 18.6. The maximum Gasteiger partial charge on any atom is 0.271 e. The first kappa shape index (κ1) is 26.6. The minimum atomic E-state index is -3.84. The standard InChI is InChI=1S/C28H35N5O3S/c1-19-18-23(33(4)22-12-10-21(11-13-22)20-8-6-5-7-9-20)14-15-24(19)31-26-17-16-25(37(35,36)30-3)27(32-26)28(34)29-2/h10-18,20,30H,5-9H2,1-4H3,(H,29,34)(H,31,32). The van der Waals surface area contributed by atoms with E-state index in [0.717, 1.165) is 22.6 Å². The first-order chi connectivity index (χ1) is 17.7. The highest BCUT2D eigenvalue weighted by Gasteiger charge is 2.23. The number of aromatic nitrogens is 1. The molecule has 0 unspecified atom stereocenters. The van der Waals surface area contributed by atoms with Gasteiger partial charge in [-0.05, 0) is 86.3 Å². The molecule has 9 heteroatoms. The van der Waals surface area contributed by atoms with E-state index in [1.807, 2.05) is 19.1 Å². The van der Waals surface area contributed by atoms with Gasteiger partial charge in [0.2, 0.25) is 10.0 Å². The number of nitrogens with one attached hydrogen (secondary N) is 3. The van der Waals surface area contributed by atoms with Gasteiger partial charge in [-0.1, -0.05) is 31.4 Å². The van der Waals surface area contributed by atoms with E-state index in [4.69, 9.17) is 0 Å². The molecule has 2 aromatic carbocycles. The van der Waals surface area contributed by atoms with Gasteiger partial charge in [-0.3, -0.25) is 4.79 Å². The van der Waals surface area contributed by atoms with Crippen molar-refractivity contribution in [2.75, 3.05) is 31.4 Å². The second-order valence-corrected chi connectivity index (χ2v) is 11.3. The van der Waals surface area contributed by atoms with Gasteiger partial charge in [-0.2, -0.15) is 0 Å². The van der Waals surface area contributed by atoms with E-state index in [9.17, 15) is 13.2 Å². The molecule has 1 saturated carbocycles. The van der Waals surface area contributed by atoms with Crippen molar-refractivity contribution in [3.8, 4) is 0 Å². The van der Waals surface area contributed by atoms with E-state index >= 15 is 0 Å². The van der Waals surface area contributed by atoms with Crippen LogP contribution in [0.3, 0.4) is 0 Å². The Balaban J connectivity index is 1.53. The topological polar surface area (TPSA) is 103 Å². The molecule has 3 N–H and O–H groups in total. The van der Waals surface area contributed by atoms with E-state index in [0.29, 0.717) is 11.7 Å². The van der Waals surface area contributed by atoms with Crippen molar-refractivity contribution in [2.24, 2.45) is 0 Å². The number of carbonyl (C=O) groups is 1. The number of amides is 1. The summed E-state index contributed by atoms with van der Waals surface area (Å²) in [6.45, 7) is 1.99. The van der Waals surface area contributed by atoms with Crippen LogP contribution in [-0.4, -0.2) is 40.5 Å². The van der Waals surface area contributed by atoms with Crippen LogP contribution in [-0.2, 0) is 10.0 Å². The first-order valence-corrected chi connectivity index (χ1v) is 14.1. The molecule has 8 nitrogen and oxygen atoms in total. The van der Waals surface area contributed by atoms with Crippen LogP contribution in [0.4, 0.5) is 22.9 Å². The van der Waals surface area contributed by atoms with Gasteiger partial charge >= 0.3 is 0 Å². The molecule has 37 heavy (non-hydrogen) atoms. The average molecular weight is 522 g/mol. The van der Waals surface area contributed by atoms with Crippen molar-refractivity contribution < 1.29 is 13.2 Å². The number of hydrogen-bond acceptors (Lipinski definition) is 6. The SMILES string of the molecule is CNC(=O)c1nc(Nc2ccc(N(C)c3ccc(C4CCCCC4)cc3)cc2C)ccc1S(=O)(=O)NC. The zero-order chi connectivity index (χ0) is 26.6. The Morgan fingerprint density at radius 2 is 1.62 bits per heavy atom. The minimum Gasteiger partial charge on any atom is -0.354 e. The Bertz CT molecular complexity index is 1370. The predicted octanol–water partition coefficient (Wildman–Crippen LogP) is 5.22. The molecule has 1 amide bonds. The summed E-state index contributed by atoms with van der Waals surface area (Å²) in [6, 6.07) is 17.9. The van der Waals surface area contributed by atoms with E-state index in [2.05, 4.69) is 62.6 Å². The summed E-state index contributed by atoms with van der Waals surface area (Å²) in [5, 5.41) is 5.66. The van der Waals surface area contributed by atoms with Crippen molar-refractivity contribution in [3.05, 3.63) is 71.4 Å². The van der Waals surface area contributed by atoms with Gasteiger partial charge in [0, 0.05) is 31.2 Å². The van der Waals surface area contributed by atoms with Crippen LogP contribution in [0.1, 0.15) is 59.6 Å². The van der Waals surface area contributed by atoms with Crippen molar-refractivity contribution in [2.45, 2.75) is 49.8 Å². The third-order valence-corrected chi connectivity index (χ3v) is 8.52. The van der Waals surface area contributed by atoms with E-state index < -0.39 is 15.9 Å². The highest BCUT2D eigenvalue weighted by Crippen LogP contribution is 2.34. The number of pyridine rings is 1. The fourth-order valence-electron chi connectivity index (χ4n) is 4.81. The van der Waals surface area contributed by atoms with Crippen molar-refractivity contribution in [3.63, 3.8) is 0 Å². The van der Waals surface area contributed by atoms with Crippen LogP contribution < -0.4 is 20.3 Å². The van der Waals surface area contributed by atoms with Crippen LogP contribution in [0.25, 0.3) is 0 Å². The lowest BCUT2D eigenvalue weighted by Gasteiger charge is -2.24. The molecule has 1 heterocycles. The van der Waals surface area contributed by atoms with Crippen LogP contribution in [0, 0.1) is 6.92 Å². The molecule has 0 spiro atoms. The number of nitrogens with zero attached hydrogens (tertiary/aromatic N) is 2. The van der Waals surface area contributed by atoms with Gasteiger partial charge in [0.15, 0.2) is 5.69 Å². The van der Waals surface area contributed by atoms with Gasteiger partial charge in [-0.15, -0.1) is 0 Å². The number of benzene rings is 2. The molecule has 1 fully saturated rings. The number of rotatable bonds is 8. The highest BCUT2D eigenvalue weighted by molar-refractivity contribution is 7.89. The summed E-state index contributed by atoms with van der Waals surface area (Å²) in [5.41, 5.74) is 5.22. The highest BCUT2D eigenvalue weighted by atomic mass is 32.2. The molecule has 0 bridgehead atoms. The summed E-state index contributed by atoms with van der Waals surface area (Å²) in [5.74, 6) is 0.475. The molecule has 0 aliphatic heterocycles. The molecule has 3 aromatic rings. The lowest BCUT2D eigenvalue weighted by molar-refractivity contribution is 0.0954. The van der Waals surface area contributed by atoms with Gasteiger partial charge in [-0.25, -0.2) is 18.1 Å². The van der Waals surface area contributed by atoms with Crippen LogP contribution >= 0.6 is 0 Å². The molecule has 1 aliphatic carbocycles. The summed E-state index contributed by atoms with van der Waals surface area (Å²) in [7, 11) is 0.939. The second kappa shape index (κ2) is 11.3. The largest absolute Gasteiger partial charge is 0.354 e. The molecular weight excluding hydrogens is 486 g/mol. The van der Waals surface area contributed by atoms with Gasteiger partial charge in [0.1, 0.15) is 10.7 Å². The second-order valence-electron chi connectivity index (χ2n) is 9.44.